The van der Waals surface area contributed by atoms with Crippen LogP contribution in [-0.4, -0.2) is 36.1 Å². The Balaban J connectivity index is 1.50. The summed E-state index contributed by atoms with van der Waals surface area (Å²) in [5.74, 6) is 1.53. The van der Waals surface area contributed by atoms with Crippen LogP contribution >= 0.6 is 11.8 Å². The summed E-state index contributed by atoms with van der Waals surface area (Å²) in [5.41, 5.74) is 2.70. The van der Waals surface area contributed by atoms with Gasteiger partial charge in [-0.15, -0.1) is 10.2 Å². The van der Waals surface area contributed by atoms with Crippen molar-refractivity contribution in [2.24, 2.45) is 0 Å². The molecule has 4 rings (SSSR count). The van der Waals surface area contributed by atoms with E-state index in [0.717, 1.165) is 32.6 Å². The van der Waals surface area contributed by atoms with E-state index in [9.17, 15) is 4.79 Å². The number of carbonyl (C=O) groups excluding carboxylic acids is 1. The Labute approximate surface area is 197 Å². The zero-order valence-corrected chi connectivity index (χ0v) is 19.6. The summed E-state index contributed by atoms with van der Waals surface area (Å²) in [6.07, 6.45) is 0. The molecule has 0 radical (unpaired) electrons. The maximum Gasteiger partial charge on any atom is 0.230 e. The van der Waals surface area contributed by atoms with Gasteiger partial charge in [0.1, 0.15) is 22.2 Å². The molecule has 0 fully saturated rings. The zero-order chi connectivity index (χ0) is 23.2. The highest BCUT2D eigenvalue weighted by Crippen LogP contribution is 2.32. The molecule has 1 amide bonds. The molecule has 3 aromatic carbocycles. The molecule has 0 bridgehead atoms. The number of ether oxygens (including phenoxy) is 2. The van der Waals surface area contributed by atoms with Gasteiger partial charge in [0.15, 0.2) is 0 Å². The SMILES string of the molecule is COc1ccc(OC)c([C@H](C)NC(=O)CSc2nnc(-c3ccccc3)c3ccccc23)c1. The number of nitrogens with one attached hydrogen (secondary N) is 1. The maximum absolute atomic E-state index is 12.7. The van der Waals surface area contributed by atoms with Gasteiger partial charge in [0.25, 0.3) is 0 Å². The largest absolute Gasteiger partial charge is 0.497 e. The molecule has 0 spiro atoms. The third-order valence-corrected chi connectivity index (χ3v) is 6.30. The molecule has 168 valence electrons. The van der Waals surface area contributed by atoms with Crippen LogP contribution in [0.15, 0.2) is 77.8 Å². The van der Waals surface area contributed by atoms with Gasteiger partial charge >= 0.3 is 0 Å². The molecule has 0 aliphatic rings. The Hall–Kier alpha value is -3.58. The second kappa shape index (κ2) is 10.4. The molecule has 6 nitrogen and oxygen atoms in total. The van der Waals surface area contributed by atoms with Crippen LogP contribution in [0.1, 0.15) is 18.5 Å². The molecular weight excluding hydrogens is 434 g/mol. The Bertz CT molecular complexity index is 1260. The zero-order valence-electron chi connectivity index (χ0n) is 18.7. The normalized spacial score (nSPS) is 11.7. The van der Waals surface area contributed by atoms with E-state index in [1.165, 1.54) is 11.8 Å². The Morgan fingerprint density at radius 1 is 0.939 bits per heavy atom. The fourth-order valence-electron chi connectivity index (χ4n) is 3.67. The number of amides is 1. The lowest BCUT2D eigenvalue weighted by atomic mass is 10.1. The number of thioether (sulfide) groups is 1. The Kier molecular flexibility index (Phi) is 7.10. The van der Waals surface area contributed by atoms with Crippen molar-refractivity contribution in [3.8, 4) is 22.8 Å². The lowest BCUT2D eigenvalue weighted by molar-refractivity contribution is -0.119. The first-order valence-electron chi connectivity index (χ1n) is 10.6. The van der Waals surface area contributed by atoms with Crippen molar-refractivity contribution in [3.63, 3.8) is 0 Å². The number of carbonyl (C=O) groups is 1. The van der Waals surface area contributed by atoms with Gasteiger partial charge in [-0.05, 0) is 25.1 Å². The van der Waals surface area contributed by atoms with E-state index in [-0.39, 0.29) is 17.7 Å². The first kappa shape index (κ1) is 22.6. The van der Waals surface area contributed by atoms with Crippen LogP contribution in [0.25, 0.3) is 22.0 Å². The van der Waals surface area contributed by atoms with Crippen LogP contribution in [0.4, 0.5) is 0 Å². The number of methoxy groups -OCH3 is 2. The molecule has 1 N–H and O–H groups in total. The Morgan fingerprint density at radius 3 is 2.39 bits per heavy atom. The third-order valence-electron chi connectivity index (χ3n) is 5.32. The highest BCUT2D eigenvalue weighted by Gasteiger charge is 2.17. The van der Waals surface area contributed by atoms with Crippen LogP contribution < -0.4 is 14.8 Å². The average Bonchev–Trinajstić information content (AvgIpc) is 2.87. The van der Waals surface area contributed by atoms with Crippen LogP contribution in [0, 0.1) is 0 Å². The van der Waals surface area contributed by atoms with Crippen molar-refractivity contribution in [2.45, 2.75) is 18.0 Å². The second-order valence-electron chi connectivity index (χ2n) is 7.45. The minimum Gasteiger partial charge on any atom is -0.497 e. The number of aromatic nitrogens is 2. The van der Waals surface area contributed by atoms with Gasteiger partial charge in [-0.1, -0.05) is 66.4 Å². The number of benzene rings is 3. The predicted octanol–water partition coefficient (Wildman–Crippen LogP) is 5.28. The molecule has 1 heterocycles. The summed E-state index contributed by atoms with van der Waals surface area (Å²) in [6, 6.07) is 23.3. The van der Waals surface area contributed by atoms with E-state index in [4.69, 9.17) is 9.47 Å². The third kappa shape index (κ3) is 5.09. The van der Waals surface area contributed by atoms with Gasteiger partial charge in [0.2, 0.25) is 5.91 Å². The molecule has 0 aliphatic carbocycles. The first-order chi connectivity index (χ1) is 16.1. The smallest absolute Gasteiger partial charge is 0.230 e. The molecular formula is C26H25N3O3S. The van der Waals surface area contributed by atoms with E-state index >= 15 is 0 Å². The quantitative estimate of drug-likeness (QED) is 0.361. The summed E-state index contributed by atoms with van der Waals surface area (Å²) in [7, 11) is 3.22. The summed E-state index contributed by atoms with van der Waals surface area (Å²) < 4.78 is 10.8. The molecule has 33 heavy (non-hydrogen) atoms. The maximum atomic E-state index is 12.7. The Morgan fingerprint density at radius 2 is 1.67 bits per heavy atom. The summed E-state index contributed by atoms with van der Waals surface area (Å²) >= 11 is 1.38. The lowest BCUT2D eigenvalue weighted by Crippen LogP contribution is -2.28. The van der Waals surface area contributed by atoms with Gasteiger partial charge in [-0.3, -0.25) is 4.79 Å². The number of hydrogen-bond donors (Lipinski definition) is 1. The molecule has 1 aromatic heterocycles. The number of rotatable bonds is 8. The van der Waals surface area contributed by atoms with Crippen LogP contribution in [0.3, 0.4) is 0 Å². The topological polar surface area (TPSA) is 73.3 Å². The fourth-order valence-corrected chi connectivity index (χ4v) is 4.45. The summed E-state index contributed by atoms with van der Waals surface area (Å²) in [5, 5.41) is 14.7. The van der Waals surface area contributed by atoms with Gasteiger partial charge < -0.3 is 14.8 Å². The number of nitrogens with zero attached hydrogens (tertiary/aromatic N) is 2. The van der Waals surface area contributed by atoms with Crippen LogP contribution in [0.5, 0.6) is 11.5 Å². The van der Waals surface area contributed by atoms with Crippen molar-refractivity contribution in [1.82, 2.24) is 15.5 Å². The lowest BCUT2D eigenvalue weighted by Gasteiger charge is -2.18. The van der Waals surface area contributed by atoms with Gasteiger partial charge in [0.05, 0.1) is 26.0 Å². The summed E-state index contributed by atoms with van der Waals surface area (Å²) in [4.78, 5) is 12.7. The minimum atomic E-state index is -0.244. The van der Waals surface area contributed by atoms with Gasteiger partial charge in [-0.25, -0.2) is 0 Å². The number of hydrogen-bond acceptors (Lipinski definition) is 6. The van der Waals surface area contributed by atoms with E-state index in [1.54, 1.807) is 14.2 Å². The monoisotopic (exact) mass is 459 g/mol. The van der Waals surface area contributed by atoms with Crippen LogP contribution in [-0.2, 0) is 4.79 Å². The minimum absolute atomic E-state index is 0.101. The molecule has 0 aliphatic heterocycles. The first-order valence-corrected chi connectivity index (χ1v) is 11.5. The highest BCUT2D eigenvalue weighted by molar-refractivity contribution is 8.00. The van der Waals surface area contributed by atoms with E-state index in [0.29, 0.717) is 11.5 Å². The number of fused-ring (bicyclic) bond motifs is 1. The van der Waals surface area contributed by atoms with Crippen molar-refractivity contribution in [2.75, 3.05) is 20.0 Å². The molecule has 0 saturated heterocycles. The molecule has 7 heteroatoms. The van der Waals surface area contributed by atoms with Crippen molar-refractivity contribution in [3.05, 3.63) is 78.4 Å². The standard InChI is InChI=1S/C26H25N3O3S/c1-17(22-15-19(31-2)13-14-23(22)32-3)27-24(30)16-33-26-21-12-8-7-11-20(21)25(28-29-26)18-9-5-4-6-10-18/h4-15,17H,16H2,1-3H3,(H,27,30)/t17-/m0/s1. The molecule has 1 atom stereocenters. The van der Waals surface area contributed by atoms with Crippen molar-refractivity contribution in [1.29, 1.82) is 0 Å². The average molecular weight is 460 g/mol. The van der Waals surface area contributed by atoms with Crippen LogP contribution in [0.2, 0.25) is 0 Å². The van der Waals surface area contributed by atoms with E-state index < -0.39 is 0 Å². The van der Waals surface area contributed by atoms with Crippen molar-refractivity contribution < 1.29 is 14.3 Å². The van der Waals surface area contributed by atoms with Gasteiger partial charge in [0, 0.05) is 21.9 Å². The highest BCUT2D eigenvalue weighted by atomic mass is 32.2. The molecule has 0 saturated carbocycles. The second-order valence-corrected chi connectivity index (χ2v) is 8.42. The summed E-state index contributed by atoms with van der Waals surface area (Å²) in [6.45, 7) is 1.92. The van der Waals surface area contributed by atoms with Gasteiger partial charge in [-0.2, -0.15) is 0 Å². The molecule has 0 unspecified atom stereocenters. The van der Waals surface area contributed by atoms with Crippen molar-refractivity contribution >= 4 is 28.4 Å². The van der Waals surface area contributed by atoms with E-state index in [1.807, 2.05) is 79.7 Å². The van der Waals surface area contributed by atoms with E-state index in [2.05, 4.69) is 15.5 Å². The fraction of sp³-hybridized carbons (Fsp3) is 0.192. The predicted molar refractivity (Wildman–Crippen MR) is 132 cm³/mol. The molecule has 4 aromatic rings.